The SMILES string of the molecule is COc1ccc(C(O)c2ccc(C(F)(F)F)cc2)c(C)c1. The number of aliphatic hydroxyl groups is 1. The molecule has 2 rings (SSSR count). The molecule has 0 aromatic heterocycles. The average Bonchev–Trinajstić information content (AvgIpc) is 2.45. The Labute approximate surface area is 120 Å². The largest absolute Gasteiger partial charge is 0.497 e. The molecule has 0 aliphatic carbocycles. The van der Waals surface area contributed by atoms with Gasteiger partial charge >= 0.3 is 6.18 Å². The van der Waals surface area contributed by atoms with Gasteiger partial charge in [-0.05, 0) is 47.9 Å². The van der Waals surface area contributed by atoms with E-state index in [0.29, 0.717) is 16.9 Å². The van der Waals surface area contributed by atoms with Crippen LogP contribution in [-0.4, -0.2) is 12.2 Å². The van der Waals surface area contributed by atoms with Crippen molar-refractivity contribution in [1.29, 1.82) is 0 Å². The topological polar surface area (TPSA) is 29.5 Å². The molecule has 0 radical (unpaired) electrons. The van der Waals surface area contributed by atoms with Crippen LogP contribution in [0.4, 0.5) is 13.2 Å². The fourth-order valence-electron chi connectivity index (χ4n) is 2.12. The molecule has 0 saturated heterocycles. The predicted octanol–water partition coefficient (Wildman–Crippen LogP) is 4.10. The highest BCUT2D eigenvalue weighted by Gasteiger charge is 2.30. The Morgan fingerprint density at radius 1 is 1.05 bits per heavy atom. The minimum atomic E-state index is -4.38. The third-order valence-electron chi connectivity index (χ3n) is 3.33. The summed E-state index contributed by atoms with van der Waals surface area (Å²) in [4.78, 5) is 0. The Bertz CT molecular complexity index is 618. The zero-order valence-corrected chi connectivity index (χ0v) is 11.6. The van der Waals surface area contributed by atoms with Crippen LogP contribution < -0.4 is 4.74 Å². The second-order valence-electron chi connectivity index (χ2n) is 4.74. The van der Waals surface area contributed by atoms with E-state index in [4.69, 9.17) is 4.74 Å². The molecule has 2 aromatic rings. The summed E-state index contributed by atoms with van der Waals surface area (Å²) in [5.74, 6) is 0.663. The maximum absolute atomic E-state index is 12.5. The van der Waals surface area contributed by atoms with E-state index in [9.17, 15) is 18.3 Å². The number of aryl methyl sites for hydroxylation is 1. The first-order valence-corrected chi connectivity index (χ1v) is 6.32. The van der Waals surface area contributed by atoms with Crippen molar-refractivity contribution in [3.63, 3.8) is 0 Å². The Morgan fingerprint density at radius 3 is 2.14 bits per heavy atom. The van der Waals surface area contributed by atoms with Gasteiger partial charge in [0.05, 0.1) is 12.7 Å². The van der Waals surface area contributed by atoms with E-state index in [1.54, 1.807) is 25.3 Å². The van der Waals surface area contributed by atoms with Gasteiger partial charge in [-0.25, -0.2) is 0 Å². The van der Waals surface area contributed by atoms with Crippen LogP contribution in [0.25, 0.3) is 0 Å². The maximum atomic E-state index is 12.5. The maximum Gasteiger partial charge on any atom is 0.416 e. The molecule has 2 nitrogen and oxygen atoms in total. The van der Waals surface area contributed by atoms with Crippen molar-refractivity contribution in [2.24, 2.45) is 0 Å². The van der Waals surface area contributed by atoms with E-state index < -0.39 is 17.8 Å². The van der Waals surface area contributed by atoms with Crippen LogP contribution in [0, 0.1) is 6.92 Å². The summed E-state index contributed by atoms with van der Waals surface area (Å²) < 4.78 is 42.6. The minimum absolute atomic E-state index is 0.413. The van der Waals surface area contributed by atoms with Gasteiger partial charge in [0.2, 0.25) is 0 Å². The van der Waals surface area contributed by atoms with Gasteiger partial charge in [-0.15, -0.1) is 0 Å². The molecule has 0 heterocycles. The summed E-state index contributed by atoms with van der Waals surface area (Å²) in [6, 6.07) is 9.69. The Hall–Kier alpha value is -2.01. The van der Waals surface area contributed by atoms with E-state index >= 15 is 0 Å². The number of halogens is 3. The molecule has 0 aliphatic heterocycles. The number of hydrogen-bond donors (Lipinski definition) is 1. The monoisotopic (exact) mass is 296 g/mol. The van der Waals surface area contributed by atoms with Gasteiger partial charge < -0.3 is 9.84 Å². The zero-order chi connectivity index (χ0) is 15.6. The third kappa shape index (κ3) is 3.36. The average molecular weight is 296 g/mol. The predicted molar refractivity (Wildman–Crippen MR) is 73.2 cm³/mol. The first kappa shape index (κ1) is 15.4. The lowest BCUT2D eigenvalue weighted by atomic mass is 9.96. The van der Waals surface area contributed by atoms with Gasteiger partial charge in [0.1, 0.15) is 11.9 Å². The number of aliphatic hydroxyl groups excluding tert-OH is 1. The lowest BCUT2D eigenvalue weighted by molar-refractivity contribution is -0.137. The van der Waals surface area contributed by atoms with Crippen molar-refractivity contribution in [1.82, 2.24) is 0 Å². The van der Waals surface area contributed by atoms with Gasteiger partial charge in [0, 0.05) is 0 Å². The van der Waals surface area contributed by atoms with E-state index in [1.807, 2.05) is 6.92 Å². The third-order valence-corrected chi connectivity index (χ3v) is 3.33. The normalized spacial score (nSPS) is 13.0. The lowest BCUT2D eigenvalue weighted by Gasteiger charge is -2.16. The highest BCUT2D eigenvalue weighted by Crippen LogP contribution is 2.32. The standard InChI is InChI=1S/C16H15F3O2/c1-10-9-13(21-2)7-8-14(10)15(20)11-3-5-12(6-4-11)16(17,18)19/h3-9,15,20H,1-2H3. The highest BCUT2D eigenvalue weighted by atomic mass is 19.4. The Balaban J connectivity index is 2.30. The second-order valence-corrected chi connectivity index (χ2v) is 4.74. The summed E-state index contributed by atoms with van der Waals surface area (Å²) >= 11 is 0. The van der Waals surface area contributed by atoms with Crippen LogP contribution in [0.1, 0.15) is 28.4 Å². The van der Waals surface area contributed by atoms with Crippen LogP contribution in [0.2, 0.25) is 0 Å². The number of hydrogen-bond acceptors (Lipinski definition) is 2. The number of ether oxygens (including phenoxy) is 1. The quantitative estimate of drug-likeness (QED) is 0.924. The first-order valence-electron chi connectivity index (χ1n) is 6.32. The Kier molecular flexibility index (Phi) is 4.23. The number of methoxy groups -OCH3 is 1. The summed E-state index contributed by atoms with van der Waals surface area (Å²) in [6.07, 6.45) is -5.35. The summed E-state index contributed by atoms with van der Waals surface area (Å²) in [5.41, 5.74) is 1.12. The van der Waals surface area contributed by atoms with E-state index in [2.05, 4.69) is 0 Å². The number of alkyl halides is 3. The molecule has 1 N–H and O–H groups in total. The van der Waals surface area contributed by atoms with Crippen LogP contribution in [0.5, 0.6) is 5.75 Å². The van der Waals surface area contributed by atoms with Crippen molar-refractivity contribution in [2.45, 2.75) is 19.2 Å². The van der Waals surface area contributed by atoms with E-state index in [-0.39, 0.29) is 0 Å². The van der Waals surface area contributed by atoms with Gasteiger partial charge in [0.25, 0.3) is 0 Å². The molecule has 2 aromatic carbocycles. The minimum Gasteiger partial charge on any atom is -0.497 e. The van der Waals surface area contributed by atoms with Gasteiger partial charge in [-0.3, -0.25) is 0 Å². The van der Waals surface area contributed by atoms with Crippen LogP contribution in [0.15, 0.2) is 42.5 Å². The molecule has 5 heteroatoms. The van der Waals surface area contributed by atoms with Gasteiger partial charge in [-0.1, -0.05) is 18.2 Å². The van der Waals surface area contributed by atoms with E-state index in [1.165, 1.54) is 12.1 Å². The van der Waals surface area contributed by atoms with E-state index in [0.717, 1.165) is 17.7 Å². The van der Waals surface area contributed by atoms with Crippen molar-refractivity contribution in [3.8, 4) is 5.75 Å². The van der Waals surface area contributed by atoms with Crippen molar-refractivity contribution < 1.29 is 23.0 Å². The molecule has 1 atom stereocenters. The first-order chi connectivity index (χ1) is 9.82. The fraction of sp³-hybridized carbons (Fsp3) is 0.250. The zero-order valence-electron chi connectivity index (χ0n) is 11.6. The molecule has 1 unspecified atom stereocenters. The smallest absolute Gasteiger partial charge is 0.416 e. The molecule has 0 saturated carbocycles. The summed E-state index contributed by atoms with van der Waals surface area (Å²) in [5, 5.41) is 10.3. The second kappa shape index (κ2) is 5.77. The van der Waals surface area contributed by atoms with Crippen molar-refractivity contribution in [2.75, 3.05) is 7.11 Å². The summed E-state index contributed by atoms with van der Waals surface area (Å²) in [7, 11) is 1.54. The fourth-order valence-corrected chi connectivity index (χ4v) is 2.12. The molecular weight excluding hydrogens is 281 g/mol. The van der Waals surface area contributed by atoms with Crippen molar-refractivity contribution >= 4 is 0 Å². The lowest BCUT2D eigenvalue weighted by Crippen LogP contribution is -2.06. The van der Waals surface area contributed by atoms with Crippen LogP contribution in [-0.2, 0) is 6.18 Å². The molecule has 0 bridgehead atoms. The van der Waals surface area contributed by atoms with Crippen LogP contribution >= 0.6 is 0 Å². The molecule has 21 heavy (non-hydrogen) atoms. The number of rotatable bonds is 3. The highest BCUT2D eigenvalue weighted by molar-refractivity contribution is 5.40. The molecule has 0 amide bonds. The van der Waals surface area contributed by atoms with Crippen LogP contribution in [0.3, 0.4) is 0 Å². The molecule has 0 fully saturated rings. The van der Waals surface area contributed by atoms with Gasteiger partial charge in [0.15, 0.2) is 0 Å². The van der Waals surface area contributed by atoms with Crippen molar-refractivity contribution in [3.05, 3.63) is 64.7 Å². The molecular formula is C16H15F3O2. The molecule has 112 valence electrons. The Morgan fingerprint density at radius 2 is 1.67 bits per heavy atom. The molecule has 0 spiro atoms. The number of benzene rings is 2. The molecule has 0 aliphatic rings. The van der Waals surface area contributed by atoms with Gasteiger partial charge in [-0.2, -0.15) is 13.2 Å². The summed E-state index contributed by atoms with van der Waals surface area (Å²) in [6.45, 7) is 1.81.